The lowest BCUT2D eigenvalue weighted by Gasteiger charge is -2.05. The van der Waals surface area contributed by atoms with Crippen LogP contribution in [-0.2, 0) is 0 Å². The van der Waals surface area contributed by atoms with E-state index < -0.39 is 0 Å². The minimum atomic E-state index is 0.895. The van der Waals surface area contributed by atoms with Crippen molar-refractivity contribution in [2.45, 2.75) is 181 Å². The monoisotopic (exact) mass is 468 g/mol. The molecule has 0 atom stereocenters. The third-order valence-corrected chi connectivity index (χ3v) is 8.12. The predicted molar refractivity (Wildman–Crippen MR) is 153 cm³/mol. The molecule has 0 heterocycles. The van der Waals surface area contributed by atoms with Crippen LogP contribution in [0.2, 0.25) is 0 Å². The van der Waals surface area contributed by atoms with Gasteiger partial charge in [-0.3, -0.25) is 0 Å². The summed E-state index contributed by atoms with van der Waals surface area (Å²) in [5.74, 6) is 3.72. The van der Waals surface area contributed by atoms with Gasteiger partial charge in [0.05, 0.1) is 0 Å². The summed E-state index contributed by atoms with van der Waals surface area (Å²) in [6.45, 7) is 7.00. The highest BCUT2D eigenvalue weighted by Crippen LogP contribution is 2.16. The second-order valence-corrected chi connectivity index (χ2v) is 12.2. The Bertz CT molecular complexity index is 312. The molecule has 0 aliphatic rings. The fourth-order valence-corrected chi connectivity index (χ4v) is 5.69. The maximum Gasteiger partial charge on any atom is -0.00675 e. The fourth-order valence-electron chi connectivity index (χ4n) is 4.67. The molecule has 0 radical (unpaired) electrons. The molecule has 0 saturated heterocycles. The fraction of sp³-hybridized carbons (Fsp3) is 1.00. The molecular weight excluding hydrogens is 404 g/mol. The molecule has 0 amide bonds. The van der Waals surface area contributed by atoms with E-state index in [1.54, 1.807) is 0 Å². The maximum atomic E-state index is 2.35. The smallest absolute Gasteiger partial charge is 0.00675 e. The van der Waals surface area contributed by atoms with Gasteiger partial charge in [0.25, 0.3) is 0 Å². The Hall–Kier alpha value is 0.350. The van der Waals surface area contributed by atoms with Crippen LogP contribution in [0.5, 0.6) is 0 Å². The van der Waals surface area contributed by atoms with Crippen LogP contribution in [0.3, 0.4) is 0 Å². The molecule has 0 aliphatic carbocycles. The van der Waals surface area contributed by atoms with Crippen molar-refractivity contribution in [1.29, 1.82) is 0 Å². The van der Waals surface area contributed by atoms with Crippen LogP contribution in [0.25, 0.3) is 0 Å². The molecule has 0 aromatic carbocycles. The van der Waals surface area contributed by atoms with Gasteiger partial charge >= 0.3 is 0 Å². The molecule has 0 N–H and O–H groups in total. The van der Waals surface area contributed by atoms with E-state index in [1.165, 1.54) is 172 Å². The Balaban J connectivity index is 3.00. The molecule has 194 valence electrons. The molecule has 0 fully saturated rings. The van der Waals surface area contributed by atoms with Crippen molar-refractivity contribution < 1.29 is 0 Å². The van der Waals surface area contributed by atoms with E-state index in [1.807, 2.05) is 0 Å². The van der Waals surface area contributed by atoms with E-state index in [0.717, 1.165) is 5.92 Å². The summed E-state index contributed by atoms with van der Waals surface area (Å²) in [4.78, 5) is 0. The molecule has 0 unspecified atom stereocenters. The number of unbranched alkanes of at least 4 members (excludes halogenated alkanes) is 22. The van der Waals surface area contributed by atoms with Crippen LogP contribution >= 0.6 is 11.8 Å². The quantitative estimate of drug-likeness (QED) is 0.103. The van der Waals surface area contributed by atoms with Crippen molar-refractivity contribution in [2.75, 3.05) is 11.5 Å². The van der Waals surface area contributed by atoms with Gasteiger partial charge in [0.15, 0.2) is 0 Å². The average molecular weight is 469 g/mol. The van der Waals surface area contributed by atoms with Crippen LogP contribution in [0, 0.1) is 5.92 Å². The lowest BCUT2D eigenvalue weighted by molar-refractivity contribution is 0.509. The van der Waals surface area contributed by atoms with Crippen LogP contribution in [0.4, 0.5) is 0 Å². The van der Waals surface area contributed by atoms with E-state index in [2.05, 4.69) is 32.5 Å². The molecule has 0 aromatic heterocycles. The lowest BCUT2D eigenvalue weighted by atomic mass is 10.0. The standard InChI is InChI=1S/C31H64S/c1-4-5-6-7-8-9-10-11-12-13-14-15-17-20-23-26-29-32-30-27-24-21-18-16-19-22-25-28-31(2)3/h31H,4-30H2,1-3H3. The zero-order chi connectivity index (χ0) is 23.4. The van der Waals surface area contributed by atoms with E-state index in [9.17, 15) is 0 Å². The largest absolute Gasteiger partial charge is 0.162 e. The summed E-state index contributed by atoms with van der Waals surface area (Å²) in [6, 6.07) is 0. The summed E-state index contributed by atoms with van der Waals surface area (Å²) in [7, 11) is 0. The Morgan fingerprint density at radius 1 is 0.375 bits per heavy atom. The van der Waals surface area contributed by atoms with Gasteiger partial charge in [0, 0.05) is 0 Å². The summed E-state index contributed by atoms with van der Waals surface area (Å²) < 4.78 is 0. The lowest BCUT2D eigenvalue weighted by Crippen LogP contribution is -1.88. The minimum absolute atomic E-state index is 0.895. The van der Waals surface area contributed by atoms with Crippen molar-refractivity contribution in [2.24, 2.45) is 5.92 Å². The average Bonchev–Trinajstić information content (AvgIpc) is 2.78. The first-order valence-electron chi connectivity index (χ1n) is 15.3. The zero-order valence-electron chi connectivity index (χ0n) is 23.1. The van der Waals surface area contributed by atoms with Crippen LogP contribution in [-0.4, -0.2) is 11.5 Å². The summed E-state index contributed by atoms with van der Waals surface area (Å²) in [5, 5.41) is 0. The van der Waals surface area contributed by atoms with Gasteiger partial charge in [0.1, 0.15) is 0 Å². The first-order valence-corrected chi connectivity index (χ1v) is 16.5. The van der Waals surface area contributed by atoms with Crippen molar-refractivity contribution in [3.05, 3.63) is 0 Å². The molecule has 0 aliphatic heterocycles. The SMILES string of the molecule is CCCCCCCCCCCCCCCCCCSCCCCCCCCCCC(C)C. The van der Waals surface area contributed by atoms with E-state index in [4.69, 9.17) is 0 Å². The zero-order valence-corrected chi connectivity index (χ0v) is 23.9. The topological polar surface area (TPSA) is 0 Å². The van der Waals surface area contributed by atoms with Gasteiger partial charge in [-0.2, -0.15) is 11.8 Å². The Kier molecular flexibility index (Phi) is 29.7. The highest BCUT2D eigenvalue weighted by atomic mass is 32.2. The summed E-state index contributed by atoms with van der Waals surface area (Å²) >= 11 is 2.22. The van der Waals surface area contributed by atoms with E-state index in [-0.39, 0.29) is 0 Å². The molecule has 32 heavy (non-hydrogen) atoms. The van der Waals surface area contributed by atoms with Crippen molar-refractivity contribution in [1.82, 2.24) is 0 Å². The Morgan fingerprint density at radius 3 is 0.969 bits per heavy atom. The maximum absolute atomic E-state index is 2.35. The number of hydrogen-bond donors (Lipinski definition) is 0. The Morgan fingerprint density at radius 2 is 0.656 bits per heavy atom. The second kappa shape index (κ2) is 29.4. The third-order valence-electron chi connectivity index (χ3n) is 6.96. The van der Waals surface area contributed by atoms with E-state index in [0.29, 0.717) is 0 Å². The molecule has 0 rings (SSSR count). The molecule has 0 spiro atoms. The first kappa shape index (κ1) is 32.4. The van der Waals surface area contributed by atoms with Gasteiger partial charge in [-0.15, -0.1) is 0 Å². The second-order valence-electron chi connectivity index (χ2n) is 10.9. The minimum Gasteiger partial charge on any atom is -0.162 e. The molecular formula is C31H64S. The van der Waals surface area contributed by atoms with Crippen LogP contribution < -0.4 is 0 Å². The van der Waals surface area contributed by atoms with Crippen molar-refractivity contribution in [3.8, 4) is 0 Å². The highest BCUT2D eigenvalue weighted by Gasteiger charge is 1.97. The van der Waals surface area contributed by atoms with Gasteiger partial charge in [-0.25, -0.2) is 0 Å². The first-order chi connectivity index (χ1) is 15.8. The number of hydrogen-bond acceptors (Lipinski definition) is 1. The van der Waals surface area contributed by atoms with Crippen molar-refractivity contribution >= 4 is 11.8 Å². The van der Waals surface area contributed by atoms with Gasteiger partial charge in [-0.1, -0.05) is 168 Å². The predicted octanol–water partition coefficient (Wildman–Crippen LogP) is 12.1. The summed E-state index contributed by atoms with van der Waals surface area (Å²) in [6.07, 6.45) is 36.7. The number of thioether (sulfide) groups is 1. The normalized spacial score (nSPS) is 11.6. The third kappa shape index (κ3) is 30.4. The summed E-state index contributed by atoms with van der Waals surface area (Å²) in [5.41, 5.74) is 0. The molecule has 1 heteroatoms. The Labute approximate surface area is 210 Å². The number of rotatable bonds is 28. The van der Waals surface area contributed by atoms with Crippen LogP contribution in [0.15, 0.2) is 0 Å². The van der Waals surface area contributed by atoms with E-state index >= 15 is 0 Å². The molecule has 0 nitrogen and oxygen atoms in total. The van der Waals surface area contributed by atoms with Crippen molar-refractivity contribution in [3.63, 3.8) is 0 Å². The highest BCUT2D eigenvalue weighted by molar-refractivity contribution is 7.99. The molecule has 0 aromatic rings. The molecule has 0 bridgehead atoms. The van der Waals surface area contributed by atoms with Gasteiger partial charge in [-0.05, 0) is 30.3 Å². The van der Waals surface area contributed by atoms with Gasteiger partial charge < -0.3 is 0 Å². The molecule has 0 saturated carbocycles. The van der Waals surface area contributed by atoms with Crippen LogP contribution in [0.1, 0.15) is 181 Å². The van der Waals surface area contributed by atoms with Gasteiger partial charge in [0.2, 0.25) is 0 Å².